The maximum atomic E-state index is 14.3. The summed E-state index contributed by atoms with van der Waals surface area (Å²) in [6.07, 6.45) is 0.682. The highest BCUT2D eigenvalue weighted by molar-refractivity contribution is 6.00. The first-order chi connectivity index (χ1) is 11.6. The molecule has 0 aromatic carbocycles. The number of carbonyl (C=O) groups is 2. The van der Waals surface area contributed by atoms with Gasteiger partial charge in [0.15, 0.2) is 0 Å². The van der Waals surface area contributed by atoms with Gasteiger partial charge >= 0.3 is 6.09 Å². The zero-order chi connectivity index (χ0) is 18.9. The van der Waals surface area contributed by atoms with Crippen LogP contribution in [0.4, 0.5) is 13.6 Å². The van der Waals surface area contributed by atoms with Crippen LogP contribution in [0.15, 0.2) is 23.8 Å². The van der Waals surface area contributed by atoms with E-state index in [1.165, 1.54) is 13.0 Å². The number of allylic oxidation sites excluding steroid dienone is 4. The summed E-state index contributed by atoms with van der Waals surface area (Å²) in [5.74, 6) is -2.00. The molecule has 136 valence electrons. The molecule has 2 rings (SSSR count). The second kappa shape index (κ2) is 6.82. The molecule has 0 aliphatic carbocycles. The molecule has 0 unspecified atom stereocenters. The van der Waals surface area contributed by atoms with Crippen LogP contribution in [0.25, 0.3) is 5.57 Å². The Morgan fingerprint density at radius 3 is 2.52 bits per heavy atom. The van der Waals surface area contributed by atoms with Crippen molar-refractivity contribution in [3.8, 4) is 0 Å². The van der Waals surface area contributed by atoms with Crippen molar-refractivity contribution >= 4 is 17.6 Å². The summed E-state index contributed by atoms with van der Waals surface area (Å²) in [5.41, 5.74) is -0.594. The Bertz CT molecular complexity index is 779. The second-order valence-corrected chi connectivity index (χ2v) is 6.76. The van der Waals surface area contributed by atoms with Crippen LogP contribution in [-0.4, -0.2) is 28.7 Å². The minimum Gasteiger partial charge on any atom is -0.443 e. The van der Waals surface area contributed by atoms with Crippen molar-refractivity contribution in [2.24, 2.45) is 0 Å². The number of halogens is 2. The van der Waals surface area contributed by atoms with E-state index in [-0.39, 0.29) is 22.7 Å². The summed E-state index contributed by atoms with van der Waals surface area (Å²) in [7, 11) is 0. The minimum absolute atomic E-state index is 0.0353. The third-order valence-corrected chi connectivity index (χ3v) is 3.66. The Kier molecular flexibility index (Phi) is 5.15. The minimum atomic E-state index is -0.819. The van der Waals surface area contributed by atoms with Crippen molar-refractivity contribution in [1.29, 1.82) is 0 Å². The Labute approximate surface area is 145 Å². The predicted octanol–water partition coefficient (Wildman–Crippen LogP) is 4.13. The van der Waals surface area contributed by atoms with Crippen LogP contribution in [0.3, 0.4) is 0 Å². The number of nitrogens with zero attached hydrogens (tertiary/aromatic N) is 1. The quantitative estimate of drug-likeness (QED) is 0.814. The first-order valence-electron chi connectivity index (χ1n) is 8.02. The molecule has 1 aliphatic heterocycles. The molecular weight excluding hydrogens is 330 g/mol. The normalized spacial score (nSPS) is 16.1. The summed E-state index contributed by atoms with van der Waals surface area (Å²) in [5, 5.41) is 2.65. The fourth-order valence-corrected chi connectivity index (χ4v) is 2.69. The summed E-state index contributed by atoms with van der Waals surface area (Å²) in [6, 6.07) is 1.33. The molecule has 5 nitrogen and oxygen atoms in total. The number of hydrogen-bond acceptors (Lipinski definition) is 3. The number of nitrogens with one attached hydrogen (secondary N) is 1. The van der Waals surface area contributed by atoms with E-state index in [0.29, 0.717) is 18.7 Å². The SMILES string of the molecule is CC=C(F)C(=C(C)F)c1cc2c(n1C(=O)OC(C)(C)C)CCNC2=O. The topological polar surface area (TPSA) is 60.3 Å². The monoisotopic (exact) mass is 352 g/mol. The molecule has 1 aliphatic rings. The van der Waals surface area contributed by atoms with Crippen molar-refractivity contribution < 1.29 is 23.1 Å². The number of hydrogen-bond donors (Lipinski definition) is 1. The van der Waals surface area contributed by atoms with Crippen molar-refractivity contribution in [2.45, 2.75) is 46.6 Å². The molecule has 25 heavy (non-hydrogen) atoms. The fourth-order valence-electron chi connectivity index (χ4n) is 2.69. The molecule has 0 saturated carbocycles. The molecule has 0 bridgehead atoms. The fraction of sp³-hybridized carbons (Fsp3) is 0.444. The molecule has 7 heteroatoms. The van der Waals surface area contributed by atoms with Gasteiger partial charge in [0.25, 0.3) is 5.91 Å². The van der Waals surface area contributed by atoms with Gasteiger partial charge in [-0.25, -0.2) is 18.1 Å². The molecule has 1 amide bonds. The van der Waals surface area contributed by atoms with E-state index in [0.717, 1.165) is 17.6 Å². The molecule has 0 saturated heterocycles. The van der Waals surface area contributed by atoms with E-state index in [9.17, 15) is 18.4 Å². The number of rotatable bonds is 2. The molecule has 0 spiro atoms. The molecular formula is C18H22F2N2O3. The van der Waals surface area contributed by atoms with E-state index < -0.39 is 23.3 Å². The lowest BCUT2D eigenvalue weighted by atomic mass is 10.1. The lowest BCUT2D eigenvalue weighted by molar-refractivity contribution is 0.0531. The molecule has 1 aromatic rings. The third-order valence-electron chi connectivity index (χ3n) is 3.66. The number of fused-ring (bicyclic) bond motifs is 1. The van der Waals surface area contributed by atoms with E-state index in [4.69, 9.17) is 4.74 Å². The number of aromatic nitrogens is 1. The van der Waals surface area contributed by atoms with Gasteiger partial charge in [0.1, 0.15) is 17.3 Å². The van der Waals surface area contributed by atoms with Crippen LogP contribution in [-0.2, 0) is 11.2 Å². The zero-order valence-corrected chi connectivity index (χ0v) is 15.0. The van der Waals surface area contributed by atoms with E-state index >= 15 is 0 Å². The van der Waals surface area contributed by atoms with Crippen LogP contribution in [0.5, 0.6) is 0 Å². The largest absolute Gasteiger partial charge is 0.443 e. The van der Waals surface area contributed by atoms with Crippen LogP contribution >= 0.6 is 0 Å². The lowest BCUT2D eigenvalue weighted by Gasteiger charge is -2.23. The van der Waals surface area contributed by atoms with Gasteiger partial charge in [-0.3, -0.25) is 4.79 Å². The Hall–Kier alpha value is -2.44. The molecule has 0 atom stereocenters. The third kappa shape index (κ3) is 3.81. The number of ether oxygens (including phenoxy) is 1. The summed E-state index contributed by atoms with van der Waals surface area (Å²) >= 11 is 0. The average Bonchev–Trinajstić information content (AvgIpc) is 2.85. The summed E-state index contributed by atoms with van der Waals surface area (Å²) in [4.78, 5) is 24.8. The van der Waals surface area contributed by atoms with Crippen molar-refractivity contribution in [1.82, 2.24) is 9.88 Å². The van der Waals surface area contributed by atoms with Crippen LogP contribution < -0.4 is 5.32 Å². The molecule has 2 heterocycles. The highest BCUT2D eigenvalue weighted by atomic mass is 19.1. The molecule has 0 fully saturated rings. The van der Waals surface area contributed by atoms with Gasteiger partial charge in [0.2, 0.25) is 0 Å². The standard InChI is InChI=1S/C18H22F2N2O3/c1-6-12(20)15(10(2)19)14-9-11-13(7-8-21-16(11)23)22(14)17(24)25-18(3,4)5/h6,9H,7-8H2,1-5H3,(H,21,23). The number of carbonyl (C=O) groups excluding carboxylic acids is 2. The van der Waals surface area contributed by atoms with E-state index in [1.807, 2.05) is 0 Å². The Balaban J connectivity index is 2.74. The van der Waals surface area contributed by atoms with Gasteiger partial charge in [0.05, 0.1) is 16.8 Å². The Morgan fingerprint density at radius 2 is 2.00 bits per heavy atom. The summed E-state index contributed by atoms with van der Waals surface area (Å²) < 4.78 is 34.8. The van der Waals surface area contributed by atoms with E-state index in [1.54, 1.807) is 20.8 Å². The maximum absolute atomic E-state index is 14.3. The summed E-state index contributed by atoms with van der Waals surface area (Å²) in [6.45, 7) is 7.93. The van der Waals surface area contributed by atoms with Crippen LogP contribution in [0.2, 0.25) is 0 Å². The van der Waals surface area contributed by atoms with Gasteiger partial charge in [-0.05, 0) is 40.7 Å². The molecule has 1 N–H and O–H groups in total. The lowest BCUT2D eigenvalue weighted by Crippen LogP contribution is -2.34. The highest BCUT2D eigenvalue weighted by Crippen LogP contribution is 2.33. The average molecular weight is 352 g/mol. The smallest absolute Gasteiger partial charge is 0.419 e. The van der Waals surface area contributed by atoms with Gasteiger partial charge in [-0.15, -0.1) is 0 Å². The van der Waals surface area contributed by atoms with Gasteiger partial charge in [-0.2, -0.15) is 0 Å². The number of amides is 1. The highest BCUT2D eigenvalue weighted by Gasteiger charge is 2.32. The molecule has 0 radical (unpaired) electrons. The van der Waals surface area contributed by atoms with Gasteiger partial charge in [0, 0.05) is 18.7 Å². The van der Waals surface area contributed by atoms with Crippen LogP contribution in [0, 0.1) is 0 Å². The zero-order valence-electron chi connectivity index (χ0n) is 15.0. The first kappa shape index (κ1) is 18.9. The van der Waals surface area contributed by atoms with Crippen molar-refractivity contribution in [2.75, 3.05) is 6.54 Å². The Morgan fingerprint density at radius 1 is 1.36 bits per heavy atom. The second-order valence-electron chi connectivity index (χ2n) is 6.76. The maximum Gasteiger partial charge on any atom is 0.419 e. The van der Waals surface area contributed by atoms with Crippen LogP contribution in [0.1, 0.15) is 56.4 Å². The first-order valence-corrected chi connectivity index (χ1v) is 8.02. The molecule has 1 aromatic heterocycles. The van der Waals surface area contributed by atoms with Crippen molar-refractivity contribution in [3.05, 3.63) is 40.7 Å². The van der Waals surface area contributed by atoms with E-state index in [2.05, 4.69) is 5.32 Å². The predicted molar refractivity (Wildman–Crippen MR) is 90.7 cm³/mol. The van der Waals surface area contributed by atoms with Gasteiger partial charge in [-0.1, -0.05) is 6.08 Å². The van der Waals surface area contributed by atoms with Crippen molar-refractivity contribution in [3.63, 3.8) is 0 Å². The van der Waals surface area contributed by atoms with Gasteiger partial charge < -0.3 is 10.1 Å².